The fourth-order valence-corrected chi connectivity index (χ4v) is 4.66. The molecule has 37 heavy (non-hydrogen) atoms. The summed E-state index contributed by atoms with van der Waals surface area (Å²) in [5.41, 5.74) is 7.69. The summed E-state index contributed by atoms with van der Waals surface area (Å²) in [4.78, 5) is 19.3. The summed E-state index contributed by atoms with van der Waals surface area (Å²) in [6.45, 7) is 3.95. The van der Waals surface area contributed by atoms with Crippen molar-refractivity contribution < 1.29 is 18.7 Å². The van der Waals surface area contributed by atoms with Gasteiger partial charge in [-0.15, -0.1) is 0 Å². The zero-order chi connectivity index (χ0) is 26.4. The molecule has 0 unspecified atom stereocenters. The molecule has 5 nitrogen and oxygen atoms in total. The number of rotatable bonds is 7. The molecule has 3 aromatic carbocycles. The van der Waals surface area contributed by atoms with Crippen LogP contribution in [0.3, 0.4) is 0 Å². The molecule has 0 atom stereocenters. The lowest BCUT2D eigenvalue weighted by Crippen LogP contribution is -1.96. The molecule has 5 aromatic rings. The lowest BCUT2D eigenvalue weighted by Gasteiger charge is -2.09. The normalized spacial score (nSPS) is 10.8. The zero-order valence-electron chi connectivity index (χ0n) is 20.8. The Balaban J connectivity index is 0.00000102. The summed E-state index contributed by atoms with van der Waals surface area (Å²) in [5, 5.41) is 8.09. The van der Waals surface area contributed by atoms with Gasteiger partial charge in [-0.2, -0.15) is 0 Å². The molecular weight excluding hydrogens is 472 g/mol. The molecule has 0 spiro atoms. The van der Waals surface area contributed by atoms with Crippen molar-refractivity contribution >= 4 is 17.4 Å². The third-order valence-electron chi connectivity index (χ3n) is 6.38. The molecule has 0 amide bonds. The number of halogens is 2. The predicted molar refractivity (Wildman–Crippen MR) is 142 cm³/mol. The summed E-state index contributed by atoms with van der Waals surface area (Å²) >= 11 is 0. The maximum Gasteiger partial charge on any atom is 0.290 e. The van der Waals surface area contributed by atoms with E-state index in [4.69, 9.17) is 9.90 Å². The van der Waals surface area contributed by atoms with Crippen molar-refractivity contribution in [1.82, 2.24) is 15.0 Å². The van der Waals surface area contributed by atoms with Gasteiger partial charge in [0.1, 0.15) is 17.5 Å². The van der Waals surface area contributed by atoms with Crippen LogP contribution in [0.1, 0.15) is 46.9 Å². The molecule has 5 rings (SSSR count). The van der Waals surface area contributed by atoms with Crippen molar-refractivity contribution in [2.45, 2.75) is 39.5 Å². The molecule has 7 heteroatoms. The monoisotopic (exact) mass is 501 g/mol. The van der Waals surface area contributed by atoms with Gasteiger partial charge in [-0.05, 0) is 84.0 Å². The maximum atomic E-state index is 14.8. The molecule has 0 bridgehead atoms. The van der Waals surface area contributed by atoms with E-state index < -0.39 is 0 Å². The minimum absolute atomic E-state index is 0.229. The topological polar surface area (TPSA) is 81.8 Å². The largest absolute Gasteiger partial charge is 0.483 e. The van der Waals surface area contributed by atoms with Crippen LogP contribution in [0.25, 0.3) is 22.3 Å². The first-order chi connectivity index (χ1) is 17.9. The molecule has 0 fully saturated rings. The van der Waals surface area contributed by atoms with E-state index in [0.717, 1.165) is 40.7 Å². The number of imidazole rings is 1. The van der Waals surface area contributed by atoms with Crippen LogP contribution in [0.4, 0.5) is 8.78 Å². The average molecular weight is 502 g/mol. The molecule has 0 aliphatic heterocycles. The number of carboxylic acid groups (broad SMARTS) is 1. The predicted octanol–water partition coefficient (Wildman–Crippen LogP) is 6.98. The Bertz CT molecular complexity index is 1520. The third kappa shape index (κ3) is 6.12. The number of fused-ring (bicyclic) bond motifs is 1. The van der Waals surface area contributed by atoms with Crippen molar-refractivity contribution in [1.29, 1.82) is 0 Å². The third-order valence-corrected chi connectivity index (χ3v) is 6.38. The van der Waals surface area contributed by atoms with Gasteiger partial charge < -0.3 is 15.1 Å². The van der Waals surface area contributed by atoms with Crippen LogP contribution >= 0.6 is 0 Å². The van der Waals surface area contributed by atoms with Crippen molar-refractivity contribution in [3.8, 4) is 11.4 Å². The van der Waals surface area contributed by atoms with Gasteiger partial charge in [0.25, 0.3) is 6.47 Å². The minimum Gasteiger partial charge on any atom is -0.483 e. The van der Waals surface area contributed by atoms with Crippen LogP contribution in [-0.4, -0.2) is 26.5 Å². The Morgan fingerprint density at radius 2 is 1.76 bits per heavy atom. The Morgan fingerprint density at radius 1 is 0.973 bits per heavy atom. The fourth-order valence-electron chi connectivity index (χ4n) is 4.66. The molecule has 3 N–H and O–H groups in total. The molecule has 0 radical (unpaired) electrons. The van der Waals surface area contributed by atoms with Crippen molar-refractivity contribution in [2.75, 3.05) is 0 Å². The van der Waals surface area contributed by atoms with Crippen LogP contribution in [-0.2, 0) is 24.1 Å². The summed E-state index contributed by atoms with van der Waals surface area (Å²) in [6.07, 6.45) is 6.67. The lowest BCUT2D eigenvalue weighted by molar-refractivity contribution is -0.122. The summed E-state index contributed by atoms with van der Waals surface area (Å²) in [5.74, 6) is -0.0663. The van der Waals surface area contributed by atoms with Crippen LogP contribution in [0.5, 0.6) is 0 Å². The van der Waals surface area contributed by atoms with Gasteiger partial charge in [-0.1, -0.05) is 31.5 Å². The highest BCUT2D eigenvalue weighted by Crippen LogP contribution is 2.27. The number of hydrogen-bond acceptors (Lipinski definition) is 2. The Hall–Kier alpha value is -4.26. The lowest BCUT2D eigenvalue weighted by atomic mass is 9.97. The minimum atomic E-state index is -0.321. The number of nitrogens with one attached hydrogen (secondary N) is 2. The summed E-state index contributed by atoms with van der Waals surface area (Å²) in [6, 6.07) is 16.6. The van der Waals surface area contributed by atoms with Crippen LogP contribution < -0.4 is 0 Å². The standard InChI is InChI=1S/C29H27F2N3.CH2O2/c1-3-4-19-11-21(14-23(30)13-19)15-24-17-33-29(34-24)26-16-20(5-7-27(26)31)12-22-6-8-28-25(18(22)2)9-10-32-28;2-1-3/h5-11,13-14,16-17,32H,3-4,12,15H2,1-2H3,(H,33,34);1H,(H,2,3). The number of nitrogens with zero attached hydrogens (tertiary/aromatic N) is 1. The van der Waals surface area contributed by atoms with E-state index in [0.29, 0.717) is 24.2 Å². The molecule has 2 heterocycles. The zero-order valence-corrected chi connectivity index (χ0v) is 20.8. The fraction of sp³-hybridized carbons (Fsp3) is 0.200. The summed E-state index contributed by atoms with van der Waals surface area (Å²) < 4.78 is 28.8. The number of H-pyrrole nitrogens is 2. The van der Waals surface area contributed by atoms with Gasteiger partial charge in [0, 0.05) is 35.4 Å². The van der Waals surface area contributed by atoms with Crippen molar-refractivity contribution in [3.63, 3.8) is 0 Å². The first kappa shape index (κ1) is 25.8. The van der Waals surface area contributed by atoms with E-state index in [-0.39, 0.29) is 18.1 Å². The highest BCUT2D eigenvalue weighted by Gasteiger charge is 2.13. The molecular formula is C30H29F2N3O2. The number of aromatic nitrogens is 3. The highest BCUT2D eigenvalue weighted by atomic mass is 19.1. The number of hydrogen-bond donors (Lipinski definition) is 3. The van der Waals surface area contributed by atoms with E-state index in [1.807, 2.05) is 24.4 Å². The second-order valence-corrected chi connectivity index (χ2v) is 9.04. The van der Waals surface area contributed by atoms with Crippen LogP contribution in [0.15, 0.2) is 67.0 Å². The molecule has 0 saturated carbocycles. The van der Waals surface area contributed by atoms with E-state index >= 15 is 0 Å². The second-order valence-electron chi connectivity index (χ2n) is 9.04. The summed E-state index contributed by atoms with van der Waals surface area (Å²) in [7, 11) is 0. The molecule has 0 aliphatic carbocycles. The van der Waals surface area contributed by atoms with E-state index in [2.05, 4.69) is 47.0 Å². The van der Waals surface area contributed by atoms with Crippen molar-refractivity contribution in [2.24, 2.45) is 0 Å². The Kier molecular flexibility index (Phi) is 8.13. The van der Waals surface area contributed by atoms with E-state index in [1.54, 1.807) is 18.3 Å². The molecule has 2 aromatic heterocycles. The van der Waals surface area contributed by atoms with Crippen LogP contribution in [0, 0.1) is 18.6 Å². The second kappa shape index (κ2) is 11.6. The van der Waals surface area contributed by atoms with Gasteiger partial charge in [-0.3, -0.25) is 4.79 Å². The number of aromatic amines is 2. The number of aryl methyl sites for hydroxylation is 2. The Labute approximate surface area is 214 Å². The maximum absolute atomic E-state index is 14.8. The van der Waals surface area contributed by atoms with Crippen LogP contribution in [0.2, 0.25) is 0 Å². The van der Waals surface area contributed by atoms with Crippen molar-refractivity contribution in [3.05, 3.63) is 112 Å². The van der Waals surface area contributed by atoms with Gasteiger partial charge in [0.05, 0.1) is 5.56 Å². The van der Waals surface area contributed by atoms with E-state index in [9.17, 15) is 8.78 Å². The van der Waals surface area contributed by atoms with E-state index in [1.165, 1.54) is 22.6 Å². The van der Waals surface area contributed by atoms with Gasteiger partial charge in [0.2, 0.25) is 0 Å². The first-order valence-corrected chi connectivity index (χ1v) is 12.2. The number of benzene rings is 3. The molecule has 190 valence electrons. The number of carbonyl (C=O) groups is 1. The molecule has 0 aliphatic rings. The highest BCUT2D eigenvalue weighted by molar-refractivity contribution is 5.84. The quantitative estimate of drug-likeness (QED) is 0.210. The average Bonchev–Trinajstić information content (AvgIpc) is 3.53. The first-order valence-electron chi connectivity index (χ1n) is 12.2. The van der Waals surface area contributed by atoms with Gasteiger partial charge in [0.15, 0.2) is 0 Å². The Morgan fingerprint density at radius 3 is 2.54 bits per heavy atom. The van der Waals surface area contributed by atoms with Gasteiger partial charge >= 0.3 is 0 Å². The molecule has 0 saturated heterocycles. The van der Waals surface area contributed by atoms with Gasteiger partial charge in [-0.25, -0.2) is 13.8 Å². The SMILES string of the molecule is CCCc1cc(F)cc(Cc2cnc(-c3cc(Cc4ccc5[nH]ccc5c4C)ccc3F)[nH]2)c1.O=CO. The smallest absolute Gasteiger partial charge is 0.290 e.